The van der Waals surface area contributed by atoms with Crippen molar-refractivity contribution in [3.8, 4) is 0 Å². The molecule has 4 heteroatoms. The standard InChI is InChI=1S/C10H6BrNO2/c11-9-4-3-6-1-2-7(10(13)14)5-8(6)12-9/h1-5H,(H,13,14). The van der Waals surface area contributed by atoms with Crippen molar-refractivity contribution in [2.45, 2.75) is 0 Å². The van der Waals surface area contributed by atoms with Gasteiger partial charge in [0.05, 0.1) is 11.1 Å². The fourth-order valence-corrected chi connectivity index (χ4v) is 1.55. The van der Waals surface area contributed by atoms with Crippen molar-refractivity contribution >= 4 is 32.8 Å². The van der Waals surface area contributed by atoms with Gasteiger partial charge in [0.15, 0.2) is 0 Å². The van der Waals surface area contributed by atoms with Crippen LogP contribution in [0.5, 0.6) is 0 Å². The van der Waals surface area contributed by atoms with Crippen LogP contribution < -0.4 is 0 Å². The Hall–Kier alpha value is -1.42. The van der Waals surface area contributed by atoms with Crippen LogP contribution in [0.2, 0.25) is 0 Å². The Morgan fingerprint density at radius 2 is 2.00 bits per heavy atom. The maximum Gasteiger partial charge on any atom is 0.335 e. The smallest absolute Gasteiger partial charge is 0.335 e. The van der Waals surface area contributed by atoms with Crippen LogP contribution in [0.3, 0.4) is 0 Å². The van der Waals surface area contributed by atoms with E-state index in [1.54, 1.807) is 18.2 Å². The summed E-state index contributed by atoms with van der Waals surface area (Å²) in [5.74, 6) is -0.936. The molecule has 0 saturated heterocycles. The Balaban J connectivity index is 2.69. The molecule has 0 fully saturated rings. The highest BCUT2D eigenvalue weighted by atomic mass is 79.9. The molecule has 0 atom stereocenters. The number of pyridine rings is 1. The third kappa shape index (κ3) is 1.61. The van der Waals surface area contributed by atoms with Crippen molar-refractivity contribution in [3.05, 3.63) is 40.5 Å². The fraction of sp³-hybridized carbons (Fsp3) is 0. The van der Waals surface area contributed by atoms with Crippen molar-refractivity contribution in [1.82, 2.24) is 4.98 Å². The molecule has 0 aliphatic heterocycles. The summed E-state index contributed by atoms with van der Waals surface area (Å²) in [4.78, 5) is 14.9. The second-order valence-corrected chi connectivity index (χ2v) is 3.66. The third-order valence-corrected chi connectivity index (χ3v) is 2.35. The van der Waals surface area contributed by atoms with Crippen LogP contribution in [-0.2, 0) is 0 Å². The van der Waals surface area contributed by atoms with Crippen LogP contribution >= 0.6 is 15.9 Å². The number of nitrogens with zero attached hydrogens (tertiary/aromatic N) is 1. The van der Waals surface area contributed by atoms with Crippen LogP contribution in [0.25, 0.3) is 10.9 Å². The average Bonchev–Trinajstić information content (AvgIpc) is 2.16. The van der Waals surface area contributed by atoms with E-state index in [1.165, 1.54) is 0 Å². The number of aromatic carboxylic acids is 1. The SMILES string of the molecule is O=C(O)c1ccc2ccc(Br)nc2c1. The van der Waals surface area contributed by atoms with Crippen LogP contribution in [0.4, 0.5) is 0 Å². The Morgan fingerprint density at radius 3 is 2.71 bits per heavy atom. The Labute approximate surface area is 88.5 Å². The van der Waals surface area contributed by atoms with Gasteiger partial charge in [0, 0.05) is 5.39 Å². The zero-order valence-electron chi connectivity index (χ0n) is 7.07. The van der Waals surface area contributed by atoms with Crippen molar-refractivity contribution < 1.29 is 9.90 Å². The van der Waals surface area contributed by atoms with Gasteiger partial charge in [-0.2, -0.15) is 0 Å². The highest BCUT2D eigenvalue weighted by Gasteiger charge is 2.04. The monoisotopic (exact) mass is 251 g/mol. The van der Waals surface area contributed by atoms with E-state index in [4.69, 9.17) is 5.11 Å². The minimum atomic E-state index is -0.936. The van der Waals surface area contributed by atoms with Gasteiger partial charge in [0.1, 0.15) is 4.60 Å². The molecule has 0 aliphatic carbocycles. The molecular weight excluding hydrogens is 246 g/mol. The summed E-state index contributed by atoms with van der Waals surface area (Å²) < 4.78 is 0.701. The molecule has 1 aromatic heterocycles. The van der Waals surface area contributed by atoms with Gasteiger partial charge in [-0.3, -0.25) is 0 Å². The highest BCUT2D eigenvalue weighted by Crippen LogP contribution is 2.17. The largest absolute Gasteiger partial charge is 0.478 e. The maximum absolute atomic E-state index is 10.7. The summed E-state index contributed by atoms with van der Waals surface area (Å²) in [5.41, 5.74) is 0.933. The lowest BCUT2D eigenvalue weighted by atomic mass is 10.1. The first kappa shape index (κ1) is 9.15. The first-order valence-corrected chi connectivity index (χ1v) is 4.76. The Kier molecular flexibility index (Phi) is 2.21. The van der Waals surface area contributed by atoms with Crippen molar-refractivity contribution in [1.29, 1.82) is 0 Å². The van der Waals surface area contributed by atoms with E-state index < -0.39 is 5.97 Å². The number of halogens is 1. The second-order valence-electron chi connectivity index (χ2n) is 2.85. The summed E-state index contributed by atoms with van der Waals surface area (Å²) in [6, 6.07) is 8.59. The summed E-state index contributed by atoms with van der Waals surface area (Å²) in [5, 5.41) is 9.70. The lowest BCUT2D eigenvalue weighted by molar-refractivity contribution is 0.0697. The molecule has 0 radical (unpaired) electrons. The number of hydrogen-bond acceptors (Lipinski definition) is 2. The molecule has 0 amide bonds. The molecule has 14 heavy (non-hydrogen) atoms. The number of aromatic nitrogens is 1. The van der Waals surface area contributed by atoms with E-state index in [-0.39, 0.29) is 5.56 Å². The van der Waals surface area contributed by atoms with E-state index >= 15 is 0 Å². The molecule has 0 unspecified atom stereocenters. The molecular formula is C10H6BrNO2. The quantitative estimate of drug-likeness (QED) is 0.794. The molecule has 2 aromatic rings. The maximum atomic E-state index is 10.7. The van der Waals surface area contributed by atoms with E-state index in [0.717, 1.165) is 5.39 Å². The van der Waals surface area contributed by atoms with E-state index in [1.807, 2.05) is 12.1 Å². The van der Waals surface area contributed by atoms with Crippen LogP contribution in [-0.4, -0.2) is 16.1 Å². The molecule has 0 spiro atoms. The van der Waals surface area contributed by atoms with Gasteiger partial charge in [-0.05, 0) is 34.1 Å². The zero-order valence-corrected chi connectivity index (χ0v) is 8.65. The van der Waals surface area contributed by atoms with Gasteiger partial charge in [-0.15, -0.1) is 0 Å². The van der Waals surface area contributed by atoms with E-state index in [0.29, 0.717) is 10.1 Å². The van der Waals surface area contributed by atoms with Gasteiger partial charge in [-0.25, -0.2) is 9.78 Å². The predicted molar refractivity (Wildman–Crippen MR) is 56.4 cm³/mol. The fourth-order valence-electron chi connectivity index (χ4n) is 1.23. The normalized spacial score (nSPS) is 10.4. The molecule has 0 bridgehead atoms. The van der Waals surface area contributed by atoms with Crippen molar-refractivity contribution in [2.24, 2.45) is 0 Å². The molecule has 0 aliphatic rings. The van der Waals surface area contributed by atoms with Crippen LogP contribution in [0.1, 0.15) is 10.4 Å². The van der Waals surface area contributed by atoms with Gasteiger partial charge in [-0.1, -0.05) is 12.1 Å². The van der Waals surface area contributed by atoms with Gasteiger partial charge < -0.3 is 5.11 Å². The predicted octanol–water partition coefficient (Wildman–Crippen LogP) is 2.70. The number of carbonyl (C=O) groups is 1. The van der Waals surface area contributed by atoms with Crippen molar-refractivity contribution in [3.63, 3.8) is 0 Å². The van der Waals surface area contributed by atoms with Gasteiger partial charge in [0.2, 0.25) is 0 Å². The minimum absolute atomic E-state index is 0.253. The number of fused-ring (bicyclic) bond motifs is 1. The molecule has 3 nitrogen and oxygen atoms in total. The Bertz CT molecular complexity index is 510. The minimum Gasteiger partial charge on any atom is -0.478 e. The summed E-state index contributed by atoms with van der Waals surface area (Å²) >= 11 is 3.24. The Morgan fingerprint density at radius 1 is 1.29 bits per heavy atom. The van der Waals surface area contributed by atoms with E-state index in [2.05, 4.69) is 20.9 Å². The molecule has 1 heterocycles. The van der Waals surface area contributed by atoms with Crippen LogP contribution in [0.15, 0.2) is 34.9 Å². The number of carboxylic acids is 1. The summed E-state index contributed by atoms with van der Waals surface area (Å²) in [7, 11) is 0. The number of rotatable bonds is 1. The molecule has 1 aromatic carbocycles. The number of benzene rings is 1. The number of carboxylic acid groups (broad SMARTS) is 1. The van der Waals surface area contributed by atoms with Gasteiger partial charge in [0.25, 0.3) is 0 Å². The van der Waals surface area contributed by atoms with Gasteiger partial charge >= 0.3 is 5.97 Å². The summed E-state index contributed by atoms with van der Waals surface area (Å²) in [6.07, 6.45) is 0. The summed E-state index contributed by atoms with van der Waals surface area (Å²) in [6.45, 7) is 0. The van der Waals surface area contributed by atoms with Crippen molar-refractivity contribution in [2.75, 3.05) is 0 Å². The molecule has 70 valence electrons. The third-order valence-electron chi connectivity index (χ3n) is 1.91. The van der Waals surface area contributed by atoms with E-state index in [9.17, 15) is 4.79 Å². The zero-order chi connectivity index (χ0) is 10.1. The lowest BCUT2D eigenvalue weighted by Gasteiger charge is -1.99. The number of hydrogen-bond donors (Lipinski definition) is 1. The highest BCUT2D eigenvalue weighted by molar-refractivity contribution is 9.10. The second kappa shape index (κ2) is 3.38. The average molecular weight is 252 g/mol. The molecule has 0 saturated carbocycles. The first-order chi connectivity index (χ1) is 6.66. The topological polar surface area (TPSA) is 50.2 Å². The van der Waals surface area contributed by atoms with Crippen LogP contribution in [0, 0.1) is 0 Å². The first-order valence-electron chi connectivity index (χ1n) is 3.96. The lowest BCUT2D eigenvalue weighted by Crippen LogP contribution is -1.95. The molecule has 1 N–H and O–H groups in total. The molecule has 2 rings (SSSR count).